The highest BCUT2D eigenvalue weighted by Gasteiger charge is 2.47. The van der Waals surface area contributed by atoms with E-state index in [9.17, 15) is 14.7 Å². The van der Waals surface area contributed by atoms with Gasteiger partial charge in [0.05, 0.1) is 5.41 Å². The van der Waals surface area contributed by atoms with Gasteiger partial charge in [0.25, 0.3) is 0 Å². The van der Waals surface area contributed by atoms with Gasteiger partial charge in [-0.05, 0) is 31.6 Å². The van der Waals surface area contributed by atoms with Gasteiger partial charge in [0.1, 0.15) is 0 Å². The van der Waals surface area contributed by atoms with Gasteiger partial charge >= 0.3 is 12.1 Å². The number of carbonyl (C=O) groups is 2. The number of nitrogens with zero attached hydrogens (tertiary/aromatic N) is 1. The van der Waals surface area contributed by atoms with Crippen molar-refractivity contribution in [3.05, 3.63) is 0 Å². The molecule has 5 nitrogen and oxygen atoms in total. The molecule has 1 aliphatic heterocycles. The van der Waals surface area contributed by atoms with Crippen molar-refractivity contribution < 1.29 is 19.8 Å². The van der Waals surface area contributed by atoms with Gasteiger partial charge in [0, 0.05) is 12.6 Å². The summed E-state index contributed by atoms with van der Waals surface area (Å²) in [6.45, 7) is 8.15. The van der Waals surface area contributed by atoms with Crippen molar-refractivity contribution in [1.29, 1.82) is 0 Å². The molecule has 1 saturated heterocycles. The van der Waals surface area contributed by atoms with Crippen LogP contribution in [0.15, 0.2) is 0 Å². The zero-order chi connectivity index (χ0) is 14.1. The van der Waals surface area contributed by atoms with Crippen LogP contribution < -0.4 is 0 Å². The number of carboxylic acid groups (broad SMARTS) is 2. The van der Waals surface area contributed by atoms with Crippen molar-refractivity contribution >= 4 is 12.1 Å². The number of piperidine rings is 1. The third kappa shape index (κ3) is 3.15. The maximum Gasteiger partial charge on any atom is 0.407 e. The van der Waals surface area contributed by atoms with Gasteiger partial charge < -0.3 is 15.1 Å². The first-order valence-corrected chi connectivity index (χ1v) is 6.30. The molecule has 0 aliphatic carbocycles. The molecule has 2 atom stereocenters. The molecule has 1 heterocycles. The molecular formula is C13H23NO4. The second-order valence-corrected chi connectivity index (χ2v) is 6.60. The van der Waals surface area contributed by atoms with Crippen LogP contribution in [0.3, 0.4) is 0 Å². The van der Waals surface area contributed by atoms with Crippen LogP contribution in [0.1, 0.15) is 47.0 Å². The largest absolute Gasteiger partial charge is 0.481 e. The van der Waals surface area contributed by atoms with Gasteiger partial charge in [-0.2, -0.15) is 0 Å². The highest BCUT2D eigenvalue weighted by atomic mass is 16.4. The lowest BCUT2D eigenvalue weighted by Gasteiger charge is -2.44. The number of hydrogen-bond donors (Lipinski definition) is 2. The highest BCUT2D eigenvalue weighted by molar-refractivity contribution is 5.75. The third-order valence-corrected chi connectivity index (χ3v) is 3.62. The van der Waals surface area contributed by atoms with Crippen molar-refractivity contribution in [3.8, 4) is 0 Å². The SMILES string of the molecule is C[C@@H]1C[C@](CC(C)(C)C)(C(=O)O)CCN1C(=O)O. The molecule has 0 saturated carbocycles. The number of likely N-dealkylation sites (tertiary alicyclic amines) is 1. The van der Waals surface area contributed by atoms with E-state index >= 15 is 0 Å². The lowest BCUT2D eigenvalue weighted by Crippen LogP contribution is -2.51. The van der Waals surface area contributed by atoms with Gasteiger partial charge in [0.15, 0.2) is 0 Å². The van der Waals surface area contributed by atoms with Crippen LogP contribution in [0.2, 0.25) is 0 Å². The lowest BCUT2D eigenvalue weighted by atomic mass is 9.67. The molecule has 18 heavy (non-hydrogen) atoms. The predicted molar refractivity (Wildman–Crippen MR) is 67.6 cm³/mol. The first kappa shape index (κ1) is 14.8. The number of carboxylic acids is 1. The molecule has 0 aromatic carbocycles. The van der Waals surface area contributed by atoms with Crippen molar-refractivity contribution in [2.45, 2.75) is 53.0 Å². The zero-order valence-electron chi connectivity index (χ0n) is 11.6. The molecule has 1 amide bonds. The molecule has 0 unspecified atom stereocenters. The minimum atomic E-state index is -0.961. The average Bonchev–Trinajstić information content (AvgIpc) is 2.13. The Labute approximate surface area is 108 Å². The Bertz CT molecular complexity index is 347. The van der Waals surface area contributed by atoms with E-state index in [0.717, 1.165) is 0 Å². The molecule has 104 valence electrons. The molecule has 1 aliphatic rings. The summed E-state index contributed by atoms with van der Waals surface area (Å²) < 4.78 is 0. The van der Waals surface area contributed by atoms with E-state index in [1.165, 1.54) is 4.90 Å². The molecule has 2 N–H and O–H groups in total. The maximum absolute atomic E-state index is 11.6. The fourth-order valence-corrected chi connectivity index (χ4v) is 3.06. The van der Waals surface area contributed by atoms with E-state index in [2.05, 4.69) is 0 Å². The summed E-state index contributed by atoms with van der Waals surface area (Å²) in [5.41, 5.74) is -0.868. The first-order valence-electron chi connectivity index (χ1n) is 6.30. The fourth-order valence-electron chi connectivity index (χ4n) is 3.06. The Kier molecular flexibility index (Phi) is 3.93. The van der Waals surface area contributed by atoms with Crippen LogP contribution in [0, 0.1) is 10.8 Å². The molecule has 0 radical (unpaired) electrons. The summed E-state index contributed by atoms with van der Waals surface area (Å²) in [6.07, 6.45) is 0.409. The Balaban J connectivity index is 2.91. The van der Waals surface area contributed by atoms with Crippen LogP contribution in [0.5, 0.6) is 0 Å². The van der Waals surface area contributed by atoms with Crippen molar-refractivity contribution in [1.82, 2.24) is 4.90 Å². The summed E-state index contributed by atoms with van der Waals surface area (Å²) in [4.78, 5) is 24.0. The Morgan fingerprint density at radius 2 is 1.89 bits per heavy atom. The van der Waals surface area contributed by atoms with E-state index in [0.29, 0.717) is 25.8 Å². The number of amides is 1. The third-order valence-electron chi connectivity index (χ3n) is 3.62. The van der Waals surface area contributed by atoms with Crippen LogP contribution in [0.4, 0.5) is 4.79 Å². The van der Waals surface area contributed by atoms with Crippen LogP contribution in [0.25, 0.3) is 0 Å². The number of rotatable bonds is 2. The van der Waals surface area contributed by atoms with Crippen LogP contribution in [-0.4, -0.2) is 39.8 Å². The summed E-state index contributed by atoms with van der Waals surface area (Å²) in [6, 6.07) is -0.241. The van der Waals surface area contributed by atoms with E-state index in [4.69, 9.17) is 5.11 Å². The minimum absolute atomic E-state index is 0.0799. The summed E-state index contributed by atoms with van der Waals surface area (Å²) in [5.74, 6) is -0.797. The first-order chi connectivity index (χ1) is 8.07. The quantitative estimate of drug-likeness (QED) is 0.797. The predicted octanol–water partition coefficient (Wildman–Crippen LogP) is 2.66. The maximum atomic E-state index is 11.6. The molecular weight excluding hydrogens is 234 g/mol. The molecule has 0 aromatic heterocycles. The van der Waals surface area contributed by atoms with E-state index in [-0.39, 0.29) is 11.5 Å². The average molecular weight is 257 g/mol. The number of hydrogen-bond acceptors (Lipinski definition) is 2. The lowest BCUT2D eigenvalue weighted by molar-refractivity contribution is -0.155. The zero-order valence-corrected chi connectivity index (χ0v) is 11.6. The molecule has 1 fully saturated rings. The molecule has 5 heteroatoms. The molecule has 0 aromatic rings. The van der Waals surface area contributed by atoms with E-state index in [1.807, 2.05) is 20.8 Å². The van der Waals surface area contributed by atoms with Crippen molar-refractivity contribution in [2.75, 3.05) is 6.54 Å². The van der Waals surface area contributed by atoms with Crippen LogP contribution >= 0.6 is 0 Å². The smallest absolute Gasteiger partial charge is 0.407 e. The van der Waals surface area contributed by atoms with Gasteiger partial charge in [-0.3, -0.25) is 4.79 Å². The Morgan fingerprint density at radius 3 is 2.22 bits per heavy atom. The van der Waals surface area contributed by atoms with E-state index < -0.39 is 17.5 Å². The Hall–Kier alpha value is -1.26. The normalized spacial score (nSPS) is 29.1. The highest BCUT2D eigenvalue weighted by Crippen LogP contribution is 2.44. The monoisotopic (exact) mass is 257 g/mol. The summed E-state index contributed by atoms with van der Waals surface area (Å²) in [5, 5.41) is 18.6. The second kappa shape index (κ2) is 4.78. The molecule has 1 rings (SSSR count). The second-order valence-electron chi connectivity index (χ2n) is 6.60. The number of aliphatic carboxylic acids is 1. The fraction of sp³-hybridized carbons (Fsp3) is 0.846. The summed E-state index contributed by atoms with van der Waals surface area (Å²) >= 11 is 0. The van der Waals surface area contributed by atoms with Crippen molar-refractivity contribution in [2.24, 2.45) is 10.8 Å². The van der Waals surface area contributed by atoms with Crippen molar-refractivity contribution in [3.63, 3.8) is 0 Å². The Morgan fingerprint density at radius 1 is 1.33 bits per heavy atom. The van der Waals surface area contributed by atoms with Crippen LogP contribution in [-0.2, 0) is 4.79 Å². The van der Waals surface area contributed by atoms with Gasteiger partial charge in [-0.1, -0.05) is 20.8 Å². The van der Waals surface area contributed by atoms with Gasteiger partial charge in [-0.25, -0.2) is 4.79 Å². The topological polar surface area (TPSA) is 77.8 Å². The molecule has 0 bridgehead atoms. The van der Waals surface area contributed by atoms with Gasteiger partial charge in [-0.15, -0.1) is 0 Å². The summed E-state index contributed by atoms with van der Waals surface area (Å²) in [7, 11) is 0. The van der Waals surface area contributed by atoms with E-state index in [1.54, 1.807) is 6.92 Å². The standard InChI is InChI=1S/C13H23NO4/c1-9-7-13(10(15)16,8-12(2,3)4)5-6-14(9)11(17)18/h9H,5-8H2,1-4H3,(H,15,16)(H,17,18)/t9-,13-/m1/s1. The molecule has 0 spiro atoms. The minimum Gasteiger partial charge on any atom is -0.481 e. The van der Waals surface area contributed by atoms with Gasteiger partial charge in [0.2, 0.25) is 0 Å².